The second-order valence-corrected chi connectivity index (χ2v) is 6.87. The van der Waals surface area contributed by atoms with Crippen LogP contribution in [0.2, 0.25) is 0 Å². The van der Waals surface area contributed by atoms with Gasteiger partial charge in [-0.1, -0.05) is 0 Å². The Balaban J connectivity index is 1.35. The van der Waals surface area contributed by atoms with Gasteiger partial charge in [-0.15, -0.1) is 0 Å². The maximum Gasteiger partial charge on any atom is 0.268 e. The minimum absolute atomic E-state index is 0.0905. The van der Waals surface area contributed by atoms with Crippen molar-refractivity contribution in [1.29, 1.82) is 0 Å². The number of aryl methyl sites for hydroxylation is 2. The largest absolute Gasteiger partial charge is 0.370 e. The number of hydrogen-bond acceptors (Lipinski definition) is 5. The molecule has 3 rings (SSSR count). The molecule has 0 unspecified atom stereocenters. The van der Waals surface area contributed by atoms with Crippen LogP contribution < -0.4 is 15.8 Å². The van der Waals surface area contributed by atoms with Crippen molar-refractivity contribution in [3.63, 3.8) is 0 Å². The minimum Gasteiger partial charge on any atom is -0.370 e. The molecular formula is C18H26N6O2. The van der Waals surface area contributed by atoms with Crippen LogP contribution in [-0.4, -0.2) is 45.5 Å². The Morgan fingerprint density at radius 3 is 2.85 bits per heavy atom. The zero-order valence-electron chi connectivity index (χ0n) is 15.1. The van der Waals surface area contributed by atoms with Crippen LogP contribution >= 0.6 is 0 Å². The number of aromatic amines is 1. The fourth-order valence-electron chi connectivity index (χ4n) is 3.24. The zero-order chi connectivity index (χ0) is 18.4. The van der Waals surface area contributed by atoms with Gasteiger partial charge in [-0.05, 0) is 37.2 Å². The van der Waals surface area contributed by atoms with Crippen LogP contribution in [0.3, 0.4) is 0 Å². The summed E-state index contributed by atoms with van der Waals surface area (Å²) in [6.07, 6.45) is 9.65. The van der Waals surface area contributed by atoms with Crippen LogP contribution in [0, 0.1) is 5.92 Å². The van der Waals surface area contributed by atoms with Crippen molar-refractivity contribution in [3.8, 4) is 0 Å². The maximum absolute atomic E-state index is 12.0. The molecule has 140 valence electrons. The van der Waals surface area contributed by atoms with Crippen LogP contribution in [0.15, 0.2) is 29.5 Å². The number of rotatable bonds is 7. The van der Waals surface area contributed by atoms with Gasteiger partial charge in [-0.25, -0.2) is 4.68 Å². The second kappa shape index (κ2) is 8.64. The Labute approximate surface area is 152 Å². The van der Waals surface area contributed by atoms with E-state index in [-0.39, 0.29) is 11.5 Å². The molecule has 8 heteroatoms. The standard InChI is InChI=1S/C18H26N6O2/c1-23-18(26)9-16(13-22-23)24-7-5-14(6-8-24)10-19-17(25)4-2-3-15-11-20-21-12-15/h9,11-14H,2-8,10H2,1H3,(H,19,25)(H,20,21). The smallest absolute Gasteiger partial charge is 0.268 e. The molecule has 0 saturated carbocycles. The van der Waals surface area contributed by atoms with E-state index < -0.39 is 0 Å². The first-order chi connectivity index (χ1) is 12.6. The summed E-state index contributed by atoms with van der Waals surface area (Å²) < 4.78 is 1.33. The highest BCUT2D eigenvalue weighted by Gasteiger charge is 2.20. The van der Waals surface area contributed by atoms with Crippen LogP contribution in [0.4, 0.5) is 5.69 Å². The van der Waals surface area contributed by atoms with Gasteiger partial charge in [-0.3, -0.25) is 14.7 Å². The van der Waals surface area contributed by atoms with Crippen molar-refractivity contribution in [2.24, 2.45) is 13.0 Å². The summed E-state index contributed by atoms with van der Waals surface area (Å²) in [5.41, 5.74) is 1.93. The minimum atomic E-state index is -0.0905. The predicted molar refractivity (Wildman–Crippen MR) is 99.0 cm³/mol. The van der Waals surface area contributed by atoms with Crippen LogP contribution in [0.1, 0.15) is 31.2 Å². The van der Waals surface area contributed by atoms with Crippen molar-refractivity contribution in [2.45, 2.75) is 32.1 Å². The molecule has 0 aliphatic carbocycles. The molecular weight excluding hydrogens is 332 g/mol. The van der Waals surface area contributed by atoms with Crippen molar-refractivity contribution in [1.82, 2.24) is 25.3 Å². The summed E-state index contributed by atoms with van der Waals surface area (Å²) in [5.74, 6) is 0.607. The number of H-pyrrole nitrogens is 1. The van der Waals surface area contributed by atoms with Gasteiger partial charge >= 0.3 is 0 Å². The quantitative estimate of drug-likeness (QED) is 0.765. The summed E-state index contributed by atoms with van der Waals surface area (Å²) in [4.78, 5) is 25.9. The van der Waals surface area contributed by atoms with E-state index in [4.69, 9.17) is 0 Å². The first-order valence-corrected chi connectivity index (χ1v) is 9.14. The Kier molecular flexibility index (Phi) is 6.04. The van der Waals surface area contributed by atoms with E-state index in [1.54, 1.807) is 25.5 Å². The summed E-state index contributed by atoms with van der Waals surface area (Å²) in [7, 11) is 1.65. The SMILES string of the molecule is Cn1ncc(N2CCC(CNC(=O)CCCc3cn[nH]c3)CC2)cc1=O. The van der Waals surface area contributed by atoms with E-state index in [0.29, 0.717) is 12.3 Å². The van der Waals surface area contributed by atoms with E-state index in [1.807, 2.05) is 6.20 Å². The normalized spacial score (nSPS) is 15.2. The van der Waals surface area contributed by atoms with Crippen molar-refractivity contribution < 1.29 is 4.79 Å². The molecule has 0 aromatic carbocycles. The highest BCUT2D eigenvalue weighted by Crippen LogP contribution is 2.21. The van der Waals surface area contributed by atoms with Crippen molar-refractivity contribution >= 4 is 11.6 Å². The lowest BCUT2D eigenvalue weighted by Gasteiger charge is -2.33. The fourth-order valence-corrected chi connectivity index (χ4v) is 3.24. The lowest BCUT2D eigenvalue weighted by atomic mass is 9.96. The van der Waals surface area contributed by atoms with Crippen molar-refractivity contribution in [2.75, 3.05) is 24.5 Å². The Morgan fingerprint density at radius 1 is 1.35 bits per heavy atom. The molecule has 2 aromatic rings. The van der Waals surface area contributed by atoms with Gasteiger partial charge in [0.05, 0.1) is 18.1 Å². The van der Waals surface area contributed by atoms with E-state index >= 15 is 0 Å². The fraction of sp³-hybridized carbons (Fsp3) is 0.556. The van der Waals surface area contributed by atoms with Gasteiger partial charge in [0.2, 0.25) is 5.91 Å². The molecule has 1 saturated heterocycles. The lowest BCUT2D eigenvalue weighted by Crippen LogP contribution is -2.39. The molecule has 2 N–H and O–H groups in total. The molecule has 0 radical (unpaired) electrons. The van der Waals surface area contributed by atoms with E-state index in [0.717, 1.165) is 56.6 Å². The molecule has 26 heavy (non-hydrogen) atoms. The first kappa shape index (κ1) is 18.2. The molecule has 1 aliphatic rings. The molecule has 2 aromatic heterocycles. The number of nitrogens with zero attached hydrogens (tertiary/aromatic N) is 4. The van der Waals surface area contributed by atoms with Gasteiger partial charge < -0.3 is 10.2 Å². The van der Waals surface area contributed by atoms with Gasteiger partial charge in [0.1, 0.15) is 0 Å². The Hall–Kier alpha value is -2.64. The topological polar surface area (TPSA) is 95.9 Å². The van der Waals surface area contributed by atoms with Crippen LogP contribution in [0.25, 0.3) is 0 Å². The zero-order valence-corrected chi connectivity index (χ0v) is 15.1. The number of anilines is 1. The van der Waals surface area contributed by atoms with Crippen LogP contribution in [0.5, 0.6) is 0 Å². The summed E-state index contributed by atoms with van der Waals surface area (Å²) >= 11 is 0. The van der Waals surface area contributed by atoms with Gasteiger partial charge in [0.25, 0.3) is 5.56 Å². The number of carbonyl (C=O) groups is 1. The van der Waals surface area contributed by atoms with Gasteiger partial charge in [0.15, 0.2) is 0 Å². The molecule has 0 bridgehead atoms. The van der Waals surface area contributed by atoms with Gasteiger partial charge in [-0.2, -0.15) is 10.2 Å². The van der Waals surface area contributed by atoms with E-state index in [1.165, 1.54) is 4.68 Å². The molecule has 1 amide bonds. The van der Waals surface area contributed by atoms with E-state index in [2.05, 4.69) is 25.5 Å². The number of nitrogens with one attached hydrogen (secondary N) is 2. The average molecular weight is 358 g/mol. The first-order valence-electron chi connectivity index (χ1n) is 9.14. The molecule has 0 atom stereocenters. The number of hydrogen-bond donors (Lipinski definition) is 2. The number of aromatic nitrogens is 4. The second-order valence-electron chi connectivity index (χ2n) is 6.87. The van der Waals surface area contributed by atoms with Crippen LogP contribution in [-0.2, 0) is 18.3 Å². The van der Waals surface area contributed by atoms with Crippen molar-refractivity contribution in [3.05, 3.63) is 40.6 Å². The highest BCUT2D eigenvalue weighted by molar-refractivity contribution is 5.75. The summed E-state index contributed by atoms with van der Waals surface area (Å²) in [6, 6.07) is 1.63. The molecule has 3 heterocycles. The maximum atomic E-state index is 12.0. The Bertz CT molecular complexity index is 762. The number of amides is 1. The number of piperidine rings is 1. The Morgan fingerprint density at radius 2 is 2.15 bits per heavy atom. The number of carbonyl (C=O) groups excluding carboxylic acids is 1. The average Bonchev–Trinajstić information content (AvgIpc) is 3.16. The molecule has 1 aliphatic heterocycles. The third kappa shape index (κ3) is 4.93. The summed E-state index contributed by atoms with van der Waals surface area (Å²) in [6.45, 7) is 2.50. The highest BCUT2D eigenvalue weighted by atomic mass is 16.1. The predicted octanol–water partition coefficient (Wildman–Crippen LogP) is 0.859. The monoisotopic (exact) mass is 358 g/mol. The third-order valence-corrected chi connectivity index (χ3v) is 4.95. The van der Waals surface area contributed by atoms with Gasteiger partial charge in [0, 0.05) is 45.4 Å². The van der Waals surface area contributed by atoms with E-state index in [9.17, 15) is 9.59 Å². The lowest BCUT2D eigenvalue weighted by molar-refractivity contribution is -0.121. The molecule has 0 spiro atoms. The molecule has 8 nitrogen and oxygen atoms in total. The summed E-state index contributed by atoms with van der Waals surface area (Å²) in [5, 5.41) is 13.8. The molecule has 1 fully saturated rings. The third-order valence-electron chi connectivity index (χ3n) is 4.95.